The van der Waals surface area contributed by atoms with E-state index in [4.69, 9.17) is 11.6 Å². The van der Waals surface area contributed by atoms with Crippen molar-refractivity contribution in [2.75, 3.05) is 0 Å². The van der Waals surface area contributed by atoms with Crippen LogP contribution in [0.25, 0.3) is 0 Å². The number of hydrogen-bond acceptors (Lipinski definition) is 0. The molecule has 0 amide bonds. The molecule has 1 atom stereocenters. The van der Waals surface area contributed by atoms with E-state index in [1.165, 1.54) is 31.2 Å². The Morgan fingerprint density at radius 3 is 1.94 bits per heavy atom. The van der Waals surface area contributed by atoms with Crippen molar-refractivity contribution in [3.05, 3.63) is 34.9 Å². The van der Waals surface area contributed by atoms with Crippen molar-refractivity contribution in [2.45, 2.75) is 65.7 Å². The Labute approximate surface area is 118 Å². The summed E-state index contributed by atoms with van der Waals surface area (Å²) in [6, 6.07) is 8.38. The molecule has 0 nitrogen and oxygen atoms in total. The van der Waals surface area contributed by atoms with Gasteiger partial charge in [0.1, 0.15) is 0 Å². The van der Waals surface area contributed by atoms with Crippen LogP contribution in [0.1, 0.15) is 65.9 Å². The second-order valence-electron chi connectivity index (χ2n) is 6.84. The quantitative estimate of drug-likeness (QED) is 0.593. The highest BCUT2D eigenvalue weighted by molar-refractivity contribution is 6.30. The molecule has 0 aliphatic heterocycles. The zero-order valence-corrected chi connectivity index (χ0v) is 13.3. The number of benzene rings is 1. The number of hydrogen-bond donors (Lipinski definition) is 0. The van der Waals surface area contributed by atoms with Gasteiger partial charge in [0.15, 0.2) is 0 Å². The molecular formula is C17H27Cl. The normalized spacial score (nSPS) is 15.4. The van der Waals surface area contributed by atoms with Crippen LogP contribution in [0, 0.1) is 5.41 Å². The minimum atomic E-state index is 0.288. The Morgan fingerprint density at radius 2 is 1.50 bits per heavy atom. The summed E-state index contributed by atoms with van der Waals surface area (Å²) in [5, 5.41) is 0.826. The third kappa shape index (κ3) is 4.65. The van der Waals surface area contributed by atoms with Crippen molar-refractivity contribution in [2.24, 2.45) is 5.41 Å². The highest BCUT2D eigenvalue weighted by atomic mass is 35.5. The average molecular weight is 267 g/mol. The molecule has 1 unspecified atom stereocenters. The summed E-state index contributed by atoms with van der Waals surface area (Å²) in [6.07, 6.45) is 5.01. The molecule has 0 spiro atoms. The zero-order valence-electron chi connectivity index (χ0n) is 12.5. The van der Waals surface area contributed by atoms with E-state index in [2.05, 4.69) is 46.8 Å². The summed E-state index contributed by atoms with van der Waals surface area (Å²) in [5.74, 6) is 0. The van der Waals surface area contributed by atoms with Gasteiger partial charge in [-0.1, -0.05) is 64.8 Å². The molecule has 1 rings (SSSR count). The van der Waals surface area contributed by atoms with E-state index in [9.17, 15) is 0 Å². The second-order valence-corrected chi connectivity index (χ2v) is 7.27. The summed E-state index contributed by atoms with van der Waals surface area (Å²) >= 11 is 5.97. The Bertz CT molecular complexity index is 358. The molecule has 1 aromatic rings. The molecule has 0 bridgehead atoms. The van der Waals surface area contributed by atoms with Crippen molar-refractivity contribution in [1.82, 2.24) is 0 Å². The first-order chi connectivity index (χ1) is 8.27. The standard InChI is InChI=1S/C17H27Cl/c1-6-17(5,13-7-12-16(2,3)4)14-8-10-15(18)11-9-14/h8-11H,6-7,12-13H2,1-5H3. The van der Waals surface area contributed by atoms with E-state index >= 15 is 0 Å². The average Bonchev–Trinajstić information content (AvgIpc) is 2.28. The molecule has 0 fully saturated rings. The lowest BCUT2D eigenvalue weighted by Crippen LogP contribution is -2.21. The molecule has 0 aliphatic rings. The van der Waals surface area contributed by atoms with Gasteiger partial charge in [-0.05, 0) is 47.8 Å². The van der Waals surface area contributed by atoms with E-state index in [0.29, 0.717) is 5.41 Å². The predicted octanol–water partition coefficient (Wildman–Crippen LogP) is 6.22. The SMILES string of the molecule is CCC(C)(CCCC(C)(C)C)c1ccc(Cl)cc1. The van der Waals surface area contributed by atoms with Crippen LogP contribution in [0.5, 0.6) is 0 Å². The lowest BCUT2D eigenvalue weighted by atomic mass is 9.74. The van der Waals surface area contributed by atoms with Crippen LogP contribution in [0.4, 0.5) is 0 Å². The monoisotopic (exact) mass is 266 g/mol. The van der Waals surface area contributed by atoms with Gasteiger partial charge >= 0.3 is 0 Å². The summed E-state index contributed by atoms with van der Waals surface area (Å²) < 4.78 is 0. The lowest BCUT2D eigenvalue weighted by Gasteiger charge is -2.30. The number of rotatable bonds is 5. The maximum absolute atomic E-state index is 5.97. The highest BCUT2D eigenvalue weighted by Crippen LogP contribution is 2.35. The topological polar surface area (TPSA) is 0 Å². The van der Waals surface area contributed by atoms with Gasteiger partial charge in [-0.3, -0.25) is 0 Å². The lowest BCUT2D eigenvalue weighted by molar-refractivity contribution is 0.320. The molecule has 0 aromatic heterocycles. The first-order valence-corrected chi connectivity index (χ1v) is 7.41. The third-order valence-corrected chi connectivity index (χ3v) is 4.23. The van der Waals surface area contributed by atoms with E-state index in [1.807, 2.05) is 12.1 Å². The van der Waals surface area contributed by atoms with Crippen LogP contribution >= 0.6 is 11.6 Å². The van der Waals surface area contributed by atoms with Gasteiger partial charge in [0.2, 0.25) is 0 Å². The summed E-state index contributed by atoms with van der Waals surface area (Å²) in [7, 11) is 0. The van der Waals surface area contributed by atoms with Crippen LogP contribution in [0.3, 0.4) is 0 Å². The van der Waals surface area contributed by atoms with Crippen LogP contribution in [0.15, 0.2) is 24.3 Å². The zero-order chi connectivity index (χ0) is 13.8. The molecule has 0 aliphatic carbocycles. The Morgan fingerprint density at radius 1 is 0.944 bits per heavy atom. The van der Waals surface area contributed by atoms with Crippen LogP contribution in [0.2, 0.25) is 5.02 Å². The fraction of sp³-hybridized carbons (Fsp3) is 0.647. The van der Waals surface area contributed by atoms with E-state index < -0.39 is 0 Å². The van der Waals surface area contributed by atoms with Crippen LogP contribution < -0.4 is 0 Å². The minimum absolute atomic E-state index is 0.288. The smallest absolute Gasteiger partial charge is 0.0406 e. The van der Waals surface area contributed by atoms with Gasteiger partial charge in [0.05, 0.1) is 0 Å². The highest BCUT2D eigenvalue weighted by Gasteiger charge is 2.24. The van der Waals surface area contributed by atoms with Gasteiger partial charge in [0.25, 0.3) is 0 Å². The van der Waals surface area contributed by atoms with Crippen molar-refractivity contribution >= 4 is 11.6 Å². The van der Waals surface area contributed by atoms with Gasteiger partial charge < -0.3 is 0 Å². The third-order valence-electron chi connectivity index (χ3n) is 3.98. The van der Waals surface area contributed by atoms with Gasteiger partial charge in [-0.2, -0.15) is 0 Å². The van der Waals surface area contributed by atoms with E-state index in [-0.39, 0.29) is 5.41 Å². The molecule has 102 valence electrons. The molecule has 1 heteroatoms. The minimum Gasteiger partial charge on any atom is -0.0843 e. The Balaban J connectivity index is 2.70. The molecule has 0 radical (unpaired) electrons. The van der Waals surface area contributed by atoms with Gasteiger partial charge in [-0.25, -0.2) is 0 Å². The van der Waals surface area contributed by atoms with Crippen LogP contribution in [-0.4, -0.2) is 0 Å². The van der Waals surface area contributed by atoms with E-state index in [1.54, 1.807) is 0 Å². The van der Waals surface area contributed by atoms with Crippen molar-refractivity contribution in [3.63, 3.8) is 0 Å². The largest absolute Gasteiger partial charge is 0.0843 e. The molecule has 0 heterocycles. The molecule has 0 N–H and O–H groups in total. The molecular weight excluding hydrogens is 240 g/mol. The fourth-order valence-corrected chi connectivity index (χ4v) is 2.51. The first-order valence-electron chi connectivity index (χ1n) is 7.03. The van der Waals surface area contributed by atoms with Crippen molar-refractivity contribution in [3.8, 4) is 0 Å². The van der Waals surface area contributed by atoms with Crippen LogP contribution in [-0.2, 0) is 5.41 Å². The number of halogens is 1. The maximum atomic E-state index is 5.97. The molecule has 18 heavy (non-hydrogen) atoms. The summed E-state index contributed by atoms with van der Waals surface area (Å²) in [5.41, 5.74) is 2.15. The predicted molar refractivity (Wildman–Crippen MR) is 82.4 cm³/mol. The molecule has 0 saturated heterocycles. The van der Waals surface area contributed by atoms with Gasteiger partial charge in [0, 0.05) is 5.02 Å². The van der Waals surface area contributed by atoms with E-state index in [0.717, 1.165) is 5.02 Å². The maximum Gasteiger partial charge on any atom is 0.0406 e. The summed E-state index contributed by atoms with van der Waals surface area (Å²) in [4.78, 5) is 0. The second kappa shape index (κ2) is 6.10. The molecule has 1 aromatic carbocycles. The Hall–Kier alpha value is -0.490. The first kappa shape index (κ1) is 15.6. The van der Waals surface area contributed by atoms with Crippen molar-refractivity contribution in [1.29, 1.82) is 0 Å². The Kier molecular flexibility index (Phi) is 5.28. The fourth-order valence-electron chi connectivity index (χ4n) is 2.39. The summed E-state index contributed by atoms with van der Waals surface area (Å²) in [6.45, 7) is 11.6. The molecule has 0 saturated carbocycles. The van der Waals surface area contributed by atoms with Gasteiger partial charge in [-0.15, -0.1) is 0 Å². The van der Waals surface area contributed by atoms with Crippen molar-refractivity contribution < 1.29 is 0 Å².